The van der Waals surface area contributed by atoms with E-state index in [1.165, 1.54) is 6.92 Å². The normalized spacial score (nSPS) is 12.1. The second kappa shape index (κ2) is 6.81. The molecule has 1 aromatic carbocycles. The standard InChI is InChI=1S/C14H19N5O/c1-11(15-6-8-19-9-7-16-18-19)13-4-3-5-14(10-13)17-12(2)20/h3-5,7,9-11,15H,6,8H2,1-2H3,(H,17,20). The summed E-state index contributed by atoms with van der Waals surface area (Å²) >= 11 is 0. The third kappa shape index (κ3) is 4.17. The van der Waals surface area contributed by atoms with E-state index in [1.54, 1.807) is 10.9 Å². The summed E-state index contributed by atoms with van der Waals surface area (Å²) in [5.41, 5.74) is 1.95. The Hall–Kier alpha value is -2.21. The molecule has 1 atom stereocenters. The minimum absolute atomic E-state index is 0.0612. The van der Waals surface area contributed by atoms with Crippen LogP contribution in [0.1, 0.15) is 25.5 Å². The summed E-state index contributed by atoms with van der Waals surface area (Å²) < 4.78 is 1.79. The number of hydrogen-bond donors (Lipinski definition) is 2. The highest BCUT2D eigenvalue weighted by molar-refractivity contribution is 5.88. The fourth-order valence-corrected chi connectivity index (χ4v) is 1.95. The molecule has 6 heteroatoms. The third-order valence-electron chi connectivity index (χ3n) is 2.97. The highest BCUT2D eigenvalue weighted by Crippen LogP contribution is 2.17. The fraction of sp³-hybridized carbons (Fsp3) is 0.357. The molecule has 0 saturated heterocycles. The largest absolute Gasteiger partial charge is 0.326 e. The first-order chi connectivity index (χ1) is 9.65. The van der Waals surface area contributed by atoms with Crippen molar-refractivity contribution in [2.45, 2.75) is 26.4 Å². The van der Waals surface area contributed by atoms with Crippen LogP contribution in [0.25, 0.3) is 0 Å². The molecule has 2 rings (SSSR count). The Balaban J connectivity index is 1.88. The van der Waals surface area contributed by atoms with E-state index in [1.807, 2.05) is 30.5 Å². The molecule has 6 nitrogen and oxygen atoms in total. The number of amides is 1. The van der Waals surface area contributed by atoms with Crippen LogP contribution in [-0.4, -0.2) is 27.4 Å². The highest BCUT2D eigenvalue weighted by atomic mass is 16.1. The molecule has 0 spiro atoms. The van der Waals surface area contributed by atoms with Crippen LogP contribution in [0.3, 0.4) is 0 Å². The Morgan fingerprint density at radius 1 is 1.45 bits per heavy atom. The summed E-state index contributed by atoms with van der Waals surface area (Å²) in [5.74, 6) is -0.0612. The van der Waals surface area contributed by atoms with Crippen LogP contribution in [0.5, 0.6) is 0 Å². The molecule has 0 aliphatic heterocycles. The van der Waals surface area contributed by atoms with E-state index in [9.17, 15) is 4.79 Å². The lowest BCUT2D eigenvalue weighted by molar-refractivity contribution is -0.114. The summed E-state index contributed by atoms with van der Waals surface area (Å²) in [6.07, 6.45) is 3.50. The van der Waals surface area contributed by atoms with Crippen molar-refractivity contribution in [2.24, 2.45) is 0 Å². The molecule has 0 radical (unpaired) electrons. The average molecular weight is 273 g/mol. The van der Waals surface area contributed by atoms with E-state index in [2.05, 4.69) is 27.9 Å². The van der Waals surface area contributed by atoms with Crippen molar-refractivity contribution in [2.75, 3.05) is 11.9 Å². The summed E-state index contributed by atoms with van der Waals surface area (Å²) in [6, 6.07) is 8.04. The second-order valence-corrected chi connectivity index (χ2v) is 4.65. The van der Waals surface area contributed by atoms with Crippen LogP contribution in [-0.2, 0) is 11.3 Å². The Morgan fingerprint density at radius 2 is 2.30 bits per heavy atom. The predicted molar refractivity (Wildman–Crippen MR) is 77.2 cm³/mol. The third-order valence-corrected chi connectivity index (χ3v) is 2.97. The van der Waals surface area contributed by atoms with Crippen molar-refractivity contribution in [1.29, 1.82) is 0 Å². The van der Waals surface area contributed by atoms with E-state index in [-0.39, 0.29) is 11.9 Å². The van der Waals surface area contributed by atoms with E-state index >= 15 is 0 Å². The van der Waals surface area contributed by atoms with Crippen LogP contribution < -0.4 is 10.6 Å². The summed E-state index contributed by atoms with van der Waals surface area (Å²) in [7, 11) is 0. The molecule has 1 aromatic heterocycles. The maximum Gasteiger partial charge on any atom is 0.221 e. The van der Waals surface area contributed by atoms with Crippen molar-refractivity contribution < 1.29 is 4.79 Å². The lowest BCUT2D eigenvalue weighted by Crippen LogP contribution is -2.23. The Labute approximate surface area is 118 Å². The van der Waals surface area contributed by atoms with Crippen LogP contribution in [0.4, 0.5) is 5.69 Å². The smallest absolute Gasteiger partial charge is 0.221 e. The summed E-state index contributed by atoms with van der Waals surface area (Å²) in [5, 5.41) is 13.9. The molecule has 0 bridgehead atoms. The number of carbonyl (C=O) groups is 1. The van der Waals surface area contributed by atoms with Crippen molar-refractivity contribution in [3.8, 4) is 0 Å². The first kappa shape index (κ1) is 14.2. The van der Waals surface area contributed by atoms with Crippen LogP contribution in [0, 0.1) is 0 Å². The number of benzene rings is 1. The van der Waals surface area contributed by atoms with Crippen molar-refractivity contribution in [3.05, 3.63) is 42.2 Å². The quantitative estimate of drug-likeness (QED) is 0.838. The number of nitrogens with zero attached hydrogens (tertiary/aromatic N) is 3. The first-order valence-corrected chi connectivity index (χ1v) is 6.60. The number of aromatic nitrogens is 3. The van der Waals surface area contributed by atoms with E-state index in [0.717, 1.165) is 24.3 Å². The molecular formula is C14H19N5O. The maximum absolute atomic E-state index is 11.1. The van der Waals surface area contributed by atoms with Gasteiger partial charge in [-0.25, -0.2) is 0 Å². The number of anilines is 1. The van der Waals surface area contributed by atoms with Gasteiger partial charge in [0.15, 0.2) is 0 Å². The Morgan fingerprint density at radius 3 is 3.00 bits per heavy atom. The van der Waals surface area contributed by atoms with Gasteiger partial charge in [0.25, 0.3) is 0 Å². The van der Waals surface area contributed by atoms with Gasteiger partial charge in [-0.15, -0.1) is 5.10 Å². The van der Waals surface area contributed by atoms with Gasteiger partial charge in [-0.2, -0.15) is 0 Å². The van der Waals surface area contributed by atoms with E-state index in [0.29, 0.717) is 0 Å². The molecule has 1 heterocycles. The SMILES string of the molecule is CC(=O)Nc1cccc(C(C)NCCn2ccnn2)c1. The molecule has 20 heavy (non-hydrogen) atoms. The maximum atomic E-state index is 11.1. The molecule has 0 aliphatic carbocycles. The van der Waals surface area contributed by atoms with Crippen LogP contribution in [0.2, 0.25) is 0 Å². The van der Waals surface area contributed by atoms with Crippen molar-refractivity contribution >= 4 is 11.6 Å². The summed E-state index contributed by atoms with van der Waals surface area (Å²) in [4.78, 5) is 11.1. The number of nitrogens with one attached hydrogen (secondary N) is 2. The second-order valence-electron chi connectivity index (χ2n) is 4.65. The number of carbonyl (C=O) groups excluding carboxylic acids is 1. The Kier molecular flexibility index (Phi) is 4.84. The lowest BCUT2D eigenvalue weighted by Gasteiger charge is -2.15. The summed E-state index contributed by atoms with van der Waals surface area (Å²) in [6.45, 7) is 5.17. The van der Waals surface area contributed by atoms with Gasteiger partial charge < -0.3 is 10.6 Å². The number of rotatable bonds is 6. The highest BCUT2D eigenvalue weighted by Gasteiger charge is 2.06. The van der Waals surface area contributed by atoms with Gasteiger partial charge in [-0.05, 0) is 24.6 Å². The molecule has 0 fully saturated rings. The van der Waals surface area contributed by atoms with E-state index in [4.69, 9.17) is 0 Å². The minimum atomic E-state index is -0.0612. The molecule has 0 saturated carbocycles. The van der Waals surface area contributed by atoms with Gasteiger partial charge in [-0.1, -0.05) is 17.3 Å². The van der Waals surface area contributed by atoms with Gasteiger partial charge >= 0.3 is 0 Å². The molecule has 2 aromatic rings. The fourth-order valence-electron chi connectivity index (χ4n) is 1.95. The average Bonchev–Trinajstić information content (AvgIpc) is 2.91. The zero-order valence-corrected chi connectivity index (χ0v) is 11.7. The topological polar surface area (TPSA) is 71.8 Å². The molecule has 2 N–H and O–H groups in total. The Bertz CT molecular complexity index is 552. The molecule has 106 valence electrons. The lowest BCUT2D eigenvalue weighted by atomic mass is 10.1. The monoisotopic (exact) mass is 273 g/mol. The minimum Gasteiger partial charge on any atom is -0.326 e. The van der Waals surface area contributed by atoms with Crippen molar-refractivity contribution in [3.63, 3.8) is 0 Å². The number of hydrogen-bond acceptors (Lipinski definition) is 4. The van der Waals surface area contributed by atoms with Crippen LogP contribution in [0.15, 0.2) is 36.7 Å². The molecule has 1 amide bonds. The van der Waals surface area contributed by atoms with Gasteiger partial charge in [0.1, 0.15) is 0 Å². The predicted octanol–water partition coefficient (Wildman–Crippen LogP) is 1.59. The molecule has 1 unspecified atom stereocenters. The molecule has 0 aliphatic rings. The molecular weight excluding hydrogens is 254 g/mol. The van der Waals surface area contributed by atoms with Crippen molar-refractivity contribution in [1.82, 2.24) is 20.3 Å². The van der Waals surface area contributed by atoms with Gasteiger partial charge in [-0.3, -0.25) is 9.48 Å². The zero-order chi connectivity index (χ0) is 14.4. The van der Waals surface area contributed by atoms with Crippen LogP contribution >= 0.6 is 0 Å². The van der Waals surface area contributed by atoms with Gasteiger partial charge in [0, 0.05) is 31.4 Å². The zero-order valence-electron chi connectivity index (χ0n) is 11.7. The first-order valence-electron chi connectivity index (χ1n) is 6.60. The van der Waals surface area contributed by atoms with Gasteiger partial charge in [0.2, 0.25) is 5.91 Å². The van der Waals surface area contributed by atoms with E-state index < -0.39 is 0 Å². The van der Waals surface area contributed by atoms with Gasteiger partial charge in [0.05, 0.1) is 12.7 Å².